The molecule has 7 nitrogen and oxygen atoms in total. The summed E-state index contributed by atoms with van der Waals surface area (Å²) in [7, 11) is 0. The number of fused-ring (bicyclic) bond motifs is 1. The van der Waals surface area contributed by atoms with E-state index in [1.807, 2.05) is 43.3 Å². The molecule has 1 unspecified atom stereocenters. The predicted molar refractivity (Wildman–Crippen MR) is 135 cm³/mol. The highest BCUT2D eigenvalue weighted by Gasteiger charge is 2.39. The predicted octanol–water partition coefficient (Wildman–Crippen LogP) is 5.90. The molecule has 6 rings (SSSR count). The molecule has 2 aromatic carbocycles. The average molecular weight is 483 g/mol. The lowest BCUT2D eigenvalue weighted by atomic mass is 9.82. The molecule has 5 aromatic rings. The Morgan fingerprint density at radius 1 is 1.23 bits per heavy atom. The standard InChI is InChI=1S/C27H22N4O3S/c1-27(25(32)33)11-3-13-31(15-27)26-30-23(18-8-6-17(7-9-18)22-14-28-16-34-22)24(35-26)20-4-2-5-21-19(20)10-12-29-21/h2,4-9,14,16,29H,3,11,13,15H2,1H3,(H,32,33). The summed E-state index contributed by atoms with van der Waals surface area (Å²) in [6.45, 7) is 3.05. The van der Waals surface area contributed by atoms with Crippen LogP contribution in [0, 0.1) is 17.7 Å². The van der Waals surface area contributed by atoms with E-state index in [9.17, 15) is 9.90 Å². The van der Waals surface area contributed by atoms with Crippen LogP contribution >= 0.6 is 11.3 Å². The normalized spacial score (nSPS) is 18.0. The van der Waals surface area contributed by atoms with Crippen molar-refractivity contribution in [2.75, 3.05) is 18.0 Å². The summed E-state index contributed by atoms with van der Waals surface area (Å²) in [4.78, 5) is 27.3. The molecule has 8 heteroatoms. The smallest absolute Gasteiger partial charge is 0.311 e. The molecular formula is C27H22N4O3S. The Bertz CT molecular complexity index is 1500. The molecule has 0 saturated carbocycles. The highest BCUT2D eigenvalue weighted by Crippen LogP contribution is 2.44. The van der Waals surface area contributed by atoms with E-state index in [2.05, 4.69) is 33.2 Å². The number of oxazole rings is 1. The quantitative estimate of drug-likeness (QED) is 0.324. The van der Waals surface area contributed by atoms with E-state index in [1.165, 1.54) is 6.39 Å². The summed E-state index contributed by atoms with van der Waals surface area (Å²) in [5, 5.41) is 11.6. The number of rotatable bonds is 5. The van der Waals surface area contributed by atoms with Gasteiger partial charge >= 0.3 is 5.97 Å². The van der Waals surface area contributed by atoms with Gasteiger partial charge in [-0.15, -0.1) is 0 Å². The minimum atomic E-state index is -0.785. The van der Waals surface area contributed by atoms with Gasteiger partial charge in [0, 0.05) is 36.0 Å². The van der Waals surface area contributed by atoms with E-state index in [-0.39, 0.29) is 0 Å². The Morgan fingerprint density at radius 2 is 2.06 bits per heavy atom. The zero-order valence-corrected chi connectivity index (χ0v) is 19.9. The summed E-state index contributed by atoms with van der Waals surface area (Å²) in [6, 6.07) is 17.3. The molecule has 0 spiro atoms. The number of aromatic nitrogens is 3. The number of hydrogen-bond acceptors (Lipinski definition) is 6. The number of aromatic amines is 1. The molecule has 1 atom stereocenters. The molecule has 35 heavy (non-hydrogen) atoms. The van der Waals surface area contributed by atoms with Crippen molar-refractivity contribution in [3.63, 3.8) is 0 Å². The first-order valence-electron chi connectivity index (χ1n) is 11.4. The number of carboxylic acid groups (broad SMARTS) is 1. The van der Waals surface area contributed by atoms with Crippen LogP contribution in [0.4, 0.5) is 5.13 Å². The third-order valence-electron chi connectivity index (χ3n) is 6.67. The molecule has 174 valence electrons. The van der Waals surface area contributed by atoms with Gasteiger partial charge in [0.05, 0.1) is 33.1 Å². The lowest BCUT2D eigenvalue weighted by Gasteiger charge is -2.37. The Balaban J connectivity index is 1.46. The number of carboxylic acids is 1. The summed E-state index contributed by atoms with van der Waals surface area (Å²) in [6.07, 6.45) is 7.56. The maximum atomic E-state index is 11.9. The Kier molecular flexibility index (Phi) is 5.08. The second-order valence-electron chi connectivity index (χ2n) is 9.11. The molecule has 0 bridgehead atoms. The van der Waals surface area contributed by atoms with Crippen LogP contribution in [0.2, 0.25) is 0 Å². The van der Waals surface area contributed by atoms with Crippen LogP contribution in [0.3, 0.4) is 0 Å². The number of thiazole rings is 1. The van der Waals surface area contributed by atoms with Crippen LogP contribution in [-0.2, 0) is 4.79 Å². The van der Waals surface area contributed by atoms with Crippen LogP contribution < -0.4 is 4.90 Å². The molecule has 1 aliphatic heterocycles. The van der Waals surface area contributed by atoms with Crippen molar-refractivity contribution < 1.29 is 14.3 Å². The summed E-state index contributed by atoms with van der Waals surface area (Å²) < 4.78 is 5.43. The topological polar surface area (TPSA) is 95.2 Å². The molecule has 0 amide bonds. The Morgan fingerprint density at radius 3 is 2.83 bits per heavy atom. The van der Waals surface area contributed by atoms with Crippen LogP contribution in [0.15, 0.2) is 59.5 Å². The molecule has 0 aliphatic carbocycles. The molecule has 0 radical (unpaired) electrons. The van der Waals surface area contributed by atoms with Crippen LogP contribution in [0.25, 0.3) is 43.9 Å². The van der Waals surface area contributed by atoms with Gasteiger partial charge in [-0.05, 0) is 31.9 Å². The van der Waals surface area contributed by atoms with Gasteiger partial charge in [-0.3, -0.25) is 4.79 Å². The minimum absolute atomic E-state index is 0.438. The summed E-state index contributed by atoms with van der Waals surface area (Å²) in [5.74, 6) is -0.0522. The molecular weight excluding hydrogens is 460 g/mol. The number of nitrogens with one attached hydrogen (secondary N) is 1. The molecule has 1 fully saturated rings. The van der Waals surface area contributed by atoms with E-state index in [4.69, 9.17) is 9.40 Å². The molecule has 4 heterocycles. The fourth-order valence-corrected chi connectivity index (χ4v) is 5.84. The highest BCUT2D eigenvalue weighted by atomic mass is 32.1. The van der Waals surface area contributed by atoms with Gasteiger partial charge in [-0.25, -0.2) is 9.97 Å². The van der Waals surface area contributed by atoms with Gasteiger partial charge in [-0.1, -0.05) is 47.7 Å². The minimum Gasteiger partial charge on any atom is -0.481 e. The summed E-state index contributed by atoms with van der Waals surface area (Å²) >= 11 is 1.59. The third-order valence-corrected chi connectivity index (χ3v) is 7.82. The molecule has 3 aromatic heterocycles. The largest absolute Gasteiger partial charge is 0.481 e. The monoisotopic (exact) mass is 482 g/mol. The van der Waals surface area contributed by atoms with Crippen molar-refractivity contribution in [2.45, 2.75) is 19.8 Å². The lowest BCUT2D eigenvalue weighted by Crippen LogP contribution is -2.46. The fourth-order valence-electron chi connectivity index (χ4n) is 4.69. The zero-order chi connectivity index (χ0) is 24.0. The van der Waals surface area contributed by atoms with Crippen molar-refractivity contribution in [1.29, 1.82) is 0 Å². The van der Waals surface area contributed by atoms with E-state index >= 15 is 0 Å². The summed E-state index contributed by atoms with van der Waals surface area (Å²) in [5.41, 5.74) is 3.97. The molecule has 2 N–H and O–H groups in total. The van der Waals surface area contributed by atoms with Crippen LogP contribution in [-0.4, -0.2) is 39.1 Å². The number of benzene rings is 2. The van der Waals surface area contributed by atoms with E-state index in [0.717, 1.165) is 56.3 Å². The first-order chi connectivity index (χ1) is 17.0. The first-order valence-corrected chi connectivity index (χ1v) is 12.2. The fraction of sp³-hybridized carbons (Fsp3) is 0.222. The van der Waals surface area contributed by atoms with Gasteiger partial charge in [0.15, 0.2) is 17.3 Å². The number of piperidine rings is 1. The van der Waals surface area contributed by atoms with Gasteiger partial charge in [-0.2, -0.15) is 0 Å². The Labute approximate surface area is 206 Å². The molecule has 1 saturated heterocycles. The SMILES string of the molecule is CC1(C(=O)O)CCCN(c2nc(-c3ccc(-c4cnco4)cc3)c(-c3cccc4[nH]c#cc34)s2)C1. The van der Waals surface area contributed by atoms with Crippen molar-refractivity contribution in [2.24, 2.45) is 5.41 Å². The highest BCUT2D eigenvalue weighted by molar-refractivity contribution is 7.19. The van der Waals surface area contributed by atoms with Crippen molar-refractivity contribution in [3.8, 4) is 33.0 Å². The maximum Gasteiger partial charge on any atom is 0.311 e. The van der Waals surface area contributed by atoms with Crippen molar-refractivity contribution in [1.82, 2.24) is 15.0 Å². The van der Waals surface area contributed by atoms with Crippen LogP contribution in [0.1, 0.15) is 19.8 Å². The lowest BCUT2D eigenvalue weighted by molar-refractivity contribution is -0.148. The third kappa shape index (κ3) is 3.74. The van der Waals surface area contributed by atoms with Gasteiger partial charge in [0.2, 0.25) is 0 Å². The molecule has 1 aliphatic rings. The van der Waals surface area contributed by atoms with Crippen molar-refractivity contribution >= 4 is 33.3 Å². The Hall–Kier alpha value is -4.09. The number of anilines is 1. The van der Waals surface area contributed by atoms with E-state index < -0.39 is 11.4 Å². The first kappa shape index (κ1) is 21.4. The maximum absolute atomic E-state index is 11.9. The zero-order valence-electron chi connectivity index (χ0n) is 19.0. The van der Waals surface area contributed by atoms with Crippen molar-refractivity contribution in [3.05, 3.63) is 67.3 Å². The second-order valence-corrected chi connectivity index (χ2v) is 10.1. The average Bonchev–Trinajstić information content (AvgIpc) is 3.65. The van der Waals surface area contributed by atoms with Crippen LogP contribution in [0.5, 0.6) is 0 Å². The van der Waals surface area contributed by atoms with E-state index in [1.54, 1.807) is 17.5 Å². The number of hydrogen-bond donors (Lipinski definition) is 2. The van der Waals surface area contributed by atoms with Gasteiger partial charge in [0.1, 0.15) is 0 Å². The second kappa shape index (κ2) is 8.29. The van der Waals surface area contributed by atoms with E-state index in [0.29, 0.717) is 18.7 Å². The number of carbonyl (C=O) groups is 1. The number of nitrogens with zero attached hydrogens (tertiary/aromatic N) is 3. The number of H-pyrrole nitrogens is 1. The van der Waals surface area contributed by atoms with Gasteiger partial charge in [0.25, 0.3) is 0 Å². The van der Waals surface area contributed by atoms with Gasteiger partial charge < -0.3 is 19.4 Å². The number of aliphatic carboxylic acids is 1.